The summed E-state index contributed by atoms with van der Waals surface area (Å²) in [5.41, 5.74) is 11.1. The number of rotatable bonds is 26. The first kappa shape index (κ1) is 40.9. The predicted octanol–water partition coefficient (Wildman–Crippen LogP) is 4.20. The van der Waals surface area contributed by atoms with E-state index in [1.54, 1.807) is 36.4 Å². The van der Waals surface area contributed by atoms with Crippen LogP contribution in [0.1, 0.15) is 26.3 Å². The summed E-state index contributed by atoms with van der Waals surface area (Å²) in [7, 11) is 1.91. The number of ether oxygens (including phenoxy) is 4. The van der Waals surface area contributed by atoms with Gasteiger partial charge in [-0.05, 0) is 47.5 Å². The molecule has 0 fully saturated rings. The summed E-state index contributed by atoms with van der Waals surface area (Å²) in [6, 6.07) is 26.0. The summed E-state index contributed by atoms with van der Waals surface area (Å²) in [6.07, 6.45) is 0. The molecule has 1 heterocycles. The summed E-state index contributed by atoms with van der Waals surface area (Å²) in [5.74, 6) is 0.797. The van der Waals surface area contributed by atoms with Crippen molar-refractivity contribution in [2.24, 2.45) is 5.11 Å². The molecule has 2 amide bonds. The maximum absolute atomic E-state index is 12.6. The molecule has 0 atom stereocenters. The Kier molecular flexibility index (Phi) is 18.5. The fourth-order valence-electron chi connectivity index (χ4n) is 4.73. The highest BCUT2D eigenvalue weighted by molar-refractivity contribution is 5.94. The molecule has 0 saturated heterocycles. The van der Waals surface area contributed by atoms with Gasteiger partial charge in [0.15, 0.2) is 0 Å². The van der Waals surface area contributed by atoms with Crippen molar-refractivity contribution in [2.45, 2.75) is 6.54 Å². The zero-order chi connectivity index (χ0) is 38.1. The molecular weight excluding hydrogens is 694 g/mol. The monoisotopic (exact) mass is 741 g/mol. The molecule has 286 valence electrons. The number of amides is 2. The normalized spacial score (nSPS) is 10.6. The third kappa shape index (κ3) is 15.8. The van der Waals surface area contributed by atoms with Crippen molar-refractivity contribution in [3.63, 3.8) is 0 Å². The highest BCUT2D eigenvalue weighted by Crippen LogP contribution is 2.19. The van der Waals surface area contributed by atoms with E-state index in [0.717, 1.165) is 5.56 Å². The van der Waals surface area contributed by atoms with Gasteiger partial charge in [-0.3, -0.25) is 9.59 Å². The lowest BCUT2D eigenvalue weighted by atomic mass is 10.2. The second-order valence-electron chi connectivity index (χ2n) is 11.5. The SMILES string of the molecule is CN(Cc1ccccc1)c1nc(NCCOCCOCCNC(=O)c2ccccc2)nc(Nc2ccc(C(=O)NCCOCCOCCN=[N+]=[N-])cc2)n1. The summed E-state index contributed by atoms with van der Waals surface area (Å²) >= 11 is 0. The van der Waals surface area contributed by atoms with Crippen LogP contribution in [-0.4, -0.2) is 113 Å². The average Bonchev–Trinajstić information content (AvgIpc) is 3.20. The Morgan fingerprint density at radius 3 is 1.81 bits per heavy atom. The minimum atomic E-state index is -0.228. The first-order chi connectivity index (χ1) is 26.5. The first-order valence-electron chi connectivity index (χ1n) is 17.6. The molecule has 0 aliphatic rings. The molecule has 3 aromatic carbocycles. The van der Waals surface area contributed by atoms with Gasteiger partial charge in [-0.2, -0.15) is 15.0 Å². The number of hydrogen-bond acceptors (Lipinski definition) is 13. The molecule has 0 bridgehead atoms. The van der Waals surface area contributed by atoms with Gasteiger partial charge in [0, 0.05) is 61.5 Å². The van der Waals surface area contributed by atoms with Crippen LogP contribution in [-0.2, 0) is 25.5 Å². The number of carbonyl (C=O) groups excluding carboxylic acids is 2. The van der Waals surface area contributed by atoms with E-state index in [4.69, 9.17) is 24.5 Å². The van der Waals surface area contributed by atoms with Gasteiger partial charge in [0.2, 0.25) is 17.8 Å². The molecule has 0 radical (unpaired) electrons. The zero-order valence-corrected chi connectivity index (χ0v) is 30.4. The molecule has 0 spiro atoms. The van der Waals surface area contributed by atoms with E-state index in [2.05, 4.69) is 46.2 Å². The number of azide groups is 1. The molecule has 0 aliphatic carbocycles. The van der Waals surface area contributed by atoms with E-state index in [-0.39, 0.29) is 18.4 Å². The maximum Gasteiger partial charge on any atom is 0.251 e. The van der Waals surface area contributed by atoms with Gasteiger partial charge >= 0.3 is 0 Å². The number of aromatic nitrogens is 3. The maximum atomic E-state index is 12.6. The molecule has 4 N–H and O–H groups in total. The van der Waals surface area contributed by atoms with Crippen molar-refractivity contribution in [1.82, 2.24) is 25.6 Å². The van der Waals surface area contributed by atoms with Crippen molar-refractivity contribution in [3.8, 4) is 0 Å². The van der Waals surface area contributed by atoms with Crippen LogP contribution in [0.15, 0.2) is 90.0 Å². The molecule has 0 saturated carbocycles. The molecule has 0 aliphatic heterocycles. The number of hydrogen-bond donors (Lipinski definition) is 4. The van der Waals surface area contributed by atoms with Crippen LogP contribution in [0.4, 0.5) is 23.5 Å². The Hall–Kier alpha value is -5.84. The Morgan fingerprint density at radius 1 is 0.667 bits per heavy atom. The molecule has 1 aromatic heterocycles. The minimum Gasteiger partial charge on any atom is -0.379 e. The van der Waals surface area contributed by atoms with E-state index >= 15 is 0 Å². The van der Waals surface area contributed by atoms with Crippen molar-refractivity contribution in [3.05, 3.63) is 112 Å². The lowest BCUT2D eigenvalue weighted by Gasteiger charge is -2.19. The summed E-state index contributed by atoms with van der Waals surface area (Å²) in [6.45, 7) is 5.02. The number of anilines is 4. The second kappa shape index (κ2) is 24.4. The van der Waals surface area contributed by atoms with Crippen LogP contribution in [0.2, 0.25) is 0 Å². The van der Waals surface area contributed by atoms with Crippen LogP contribution in [0.5, 0.6) is 0 Å². The Morgan fingerprint density at radius 2 is 1.20 bits per heavy atom. The molecule has 17 heteroatoms. The standard InChI is InChI=1S/C37H47N11O6/c1-48(28-29-8-4-2-5-9-29)37-45-35(41-18-22-53-25-24-51-20-16-39-33(49)30-10-6-3-7-11-30)44-36(46-37)43-32-14-12-31(13-15-32)34(50)40-17-21-52-26-27-54-23-19-42-47-38/h2-15H,16-28H2,1H3,(H,39,49)(H,40,50)(H2,41,43,44,45,46). The first-order valence-corrected chi connectivity index (χ1v) is 17.6. The highest BCUT2D eigenvalue weighted by atomic mass is 16.5. The summed E-state index contributed by atoms with van der Waals surface area (Å²) in [4.78, 5) is 43.2. The number of nitrogens with zero attached hydrogens (tertiary/aromatic N) is 7. The minimum absolute atomic E-state index is 0.134. The van der Waals surface area contributed by atoms with Gasteiger partial charge in [0.25, 0.3) is 11.8 Å². The fraction of sp³-hybridized carbons (Fsp3) is 0.378. The fourth-order valence-corrected chi connectivity index (χ4v) is 4.73. The molecule has 4 rings (SSSR count). The van der Waals surface area contributed by atoms with Crippen LogP contribution in [0.3, 0.4) is 0 Å². The van der Waals surface area contributed by atoms with Crippen LogP contribution < -0.4 is 26.2 Å². The van der Waals surface area contributed by atoms with Gasteiger partial charge in [-0.15, -0.1) is 0 Å². The summed E-state index contributed by atoms with van der Waals surface area (Å²) in [5, 5.41) is 15.5. The van der Waals surface area contributed by atoms with Crippen molar-refractivity contribution in [1.29, 1.82) is 0 Å². The lowest BCUT2D eigenvalue weighted by molar-refractivity contribution is 0.0511. The molecular formula is C37H47N11O6. The summed E-state index contributed by atoms with van der Waals surface area (Å²) < 4.78 is 22.0. The Labute approximate surface area is 314 Å². The van der Waals surface area contributed by atoms with Crippen LogP contribution in [0.25, 0.3) is 10.4 Å². The van der Waals surface area contributed by atoms with E-state index in [1.165, 1.54) is 0 Å². The topological polar surface area (TPSA) is 210 Å². The van der Waals surface area contributed by atoms with Gasteiger partial charge in [0.05, 0.1) is 52.9 Å². The average molecular weight is 742 g/mol. The van der Waals surface area contributed by atoms with Crippen molar-refractivity contribution < 1.29 is 28.5 Å². The van der Waals surface area contributed by atoms with Gasteiger partial charge in [-0.25, -0.2) is 0 Å². The number of nitrogens with one attached hydrogen (secondary N) is 4. The highest BCUT2D eigenvalue weighted by Gasteiger charge is 2.13. The quantitative estimate of drug-likeness (QED) is 0.0309. The van der Waals surface area contributed by atoms with Crippen LogP contribution in [0, 0.1) is 0 Å². The van der Waals surface area contributed by atoms with Crippen molar-refractivity contribution in [2.75, 3.05) is 102 Å². The molecule has 17 nitrogen and oxygen atoms in total. The van der Waals surface area contributed by atoms with E-state index in [1.807, 2.05) is 60.5 Å². The molecule has 0 unspecified atom stereocenters. The number of benzene rings is 3. The van der Waals surface area contributed by atoms with Gasteiger partial charge in [0.1, 0.15) is 0 Å². The van der Waals surface area contributed by atoms with E-state index in [9.17, 15) is 9.59 Å². The second-order valence-corrected chi connectivity index (χ2v) is 11.5. The number of carbonyl (C=O) groups is 2. The van der Waals surface area contributed by atoms with Crippen molar-refractivity contribution >= 4 is 35.3 Å². The van der Waals surface area contributed by atoms with Crippen LogP contribution >= 0.6 is 0 Å². The lowest BCUT2D eigenvalue weighted by Crippen LogP contribution is -2.27. The zero-order valence-electron chi connectivity index (χ0n) is 30.4. The smallest absolute Gasteiger partial charge is 0.251 e. The van der Waals surface area contributed by atoms with E-state index in [0.29, 0.717) is 114 Å². The Bertz CT molecular complexity index is 1730. The van der Waals surface area contributed by atoms with Gasteiger partial charge in [-0.1, -0.05) is 53.6 Å². The Balaban J connectivity index is 1.21. The van der Waals surface area contributed by atoms with E-state index < -0.39 is 0 Å². The van der Waals surface area contributed by atoms with Gasteiger partial charge < -0.3 is 45.1 Å². The molecule has 4 aromatic rings. The molecule has 54 heavy (non-hydrogen) atoms. The predicted molar refractivity (Wildman–Crippen MR) is 205 cm³/mol. The third-order valence-electron chi connectivity index (χ3n) is 7.40. The largest absolute Gasteiger partial charge is 0.379 e. The third-order valence-corrected chi connectivity index (χ3v) is 7.40.